The maximum atomic E-state index is 11.4. The normalized spacial score (nSPS) is 11.9. The number of nitrogens with one attached hydrogen (secondary N) is 2. The Bertz CT molecular complexity index is 383. The minimum Gasteiger partial charge on any atom is -0.387 e. The monoisotopic (exact) mass is 220 g/mol. The van der Waals surface area contributed by atoms with Gasteiger partial charge in [0.1, 0.15) is 5.71 Å². The summed E-state index contributed by atoms with van der Waals surface area (Å²) in [5, 5.41) is 18.9. The van der Waals surface area contributed by atoms with Crippen LogP contribution in [0.3, 0.4) is 0 Å². The second-order valence-electron chi connectivity index (χ2n) is 3.59. The molecule has 0 heterocycles. The highest BCUT2D eigenvalue weighted by Gasteiger charge is 2.14. The molecule has 0 fully saturated rings. The molecule has 1 aromatic rings. The van der Waals surface area contributed by atoms with Crippen LogP contribution in [0.25, 0.3) is 0 Å². The van der Waals surface area contributed by atoms with Gasteiger partial charge in [-0.1, -0.05) is 19.1 Å². The minimum atomic E-state index is -1.05. The smallest absolute Gasteiger partial charge is 0.272 e. The molecule has 0 aromatic heterocycles. The van der Waals surface area contributed by atoms with E-state index in [0.29, 0.717) is 5.69 Å². The van der Waals surface area contributed by atoms with E-state index in [1.54, 1.807) is 12.1 Å². The van der Waals surface area contributed by atoms with Gasteiger partial charge in [-0.25, -0.2) is 0 Å². The third-order valence-electron chi connectivity index (χ3n) is 2.28. The van der Waals surface area contributed by atoms with Gasteiger partial charge in [-0.3, -0.25) is 10.2 Å². The zero-order chi connectivity index (χ0) is 12.1. The largest absolute Gasteiger partial charge is 0.387 e. The van der Waals surface area contributed by atoms with Crippen molar-refractivity contribution in [3.05, 3.63) is 29.8 Å². The molecule has 4 heteroatoms. The summed E-state index contributed by atoms with van der Waals surface area (Å²) in [7, 11) is 0. The Morgan fingerprint density at radius 2 is 2.00 bits per heavy atom. The first-order chi connectivity index (χ1) is 7.54. The molecule has 0 radical (unpaired) electrons. The molecule has 0 bridgehead atoms. The average Bonchev–Trinajstić information content (AvgIpc) is 2.28. The van der Waals surface area contributed by atoms with Crippen LogP contribution in [0.5, 0.6) is 0 Å². The maximum Gasteiger partial charge on any atom is 0.272 e. The van der Waals surface area contributed by atoms with Gasteiger partial charge in [0.25, 0.3) is 5.91 Å². The highest BCUT2D eigenvalue weighted by Crippen LogP contribution is 2.10. The zero-order valence-corrected chi connectivity index (χ0v) is 9.45. The molecule has 0 aliphatic heterocycles. The van der Waals surface area contributed by atoms with E-state index >= 15 is 0 Å². The first-order valence-electron chi connectivity index (χ1n) is 5.21. The number of benzene rings is 1. The Labute approximate surface area is 94.8 Å². The predicted molar refractivity (Wildman–Crippen MR) is 63.9 cm³/mol. The van der Waals surface area contributed by atoms with Gasteiger partial charge in [-0.15, -0.1) is 0 Å². The number of aryl methyl sites for hydroxylation is 1. The number of amides is 1. The van der Waals surface area contributed by atoms with Crippen molar-refractivity contribution in [3.8, 4) is 0 Å². The number of carbonyl (C=O) groups is 1. The van der Waals surface area contributed by atoms with Gasteiger partial charge < -0.3 is 10.4 Å². The summed E-state index contributed by atoms with van der Waals surface area (Å²) in [5.41, 5.74) is 1.48. The molecule has 86 valence electrons. The number of hydrogen-bond acceptors (Lipinski definition) is 3. The minimum absolute atomic E-state index is 0.334. The summed E-state index contributed by atoms with van der Waals surface area (Å²) in [4.78, 5) is 11.4. The van der Waals surface area contributed by atoms with E-state index in [2.05, 4.69) is 12.2 Å². The van der Waals surface area contributed by atoms with E-state index < -0.39 is 12.0 Å². The van der Waals surface area contributed by atoms with E-state index in [0.717, 1.165) is 6.42 Å². The topological polar surface area (TPSA) is 73.2 Å². The lowest BCUT2D eigenvalue weighted by molar-refractivity contribution is -0.110. The van der Waals surface area contributed by atoms with E-state index in [1.807, 2.05) is 12.1 Å². The van der Waals surface area contributed by atoms with Crippen LogP contribution in [0, 0.1) is 5.41 Å². The number of aliphatic hydroxyl groups excluding tert-OH is 1. The van der Waals surface area contributed by atoms with Gasteiger partial charge in [0.2, 0.25) is 0 Å². The van der Waals surface area contributed by atoms with Crippen molar-refractivity contribution < 1.29 is 9.90 Å². The number of hydrogen-bond donors (Lipinski definition) is 3. The van der Waals surface area contributed by atoms with Gasteiger partial charge in [0, 0.05) is 5.69 Å². The van der Waals surface area contributed by atoms with Crippen LogP contribution >= 0.6 is 0 Å². The van der Waals surface area contributed by atoms with E-state index in [1.165, 1.54) is 12.5 Å². The van der Waals surface area contributed by atoms with Crippen LogP contribution in [-0.4, -0.2) is 22.8 Å². The molecule has 0 spiro atoms. The molecule has 0 saturated carbocycles. The van der Waals surface area contributed by atoms with Crippen LogP contribution in [0.15, 0.2) is 24.3 Å². The lowest BCUT2D eigenvalue weighted by atomic mass is 10.1. The Morgan fingerprint density at radius 3 is 2.44 bits per heavy atom. The summed E-state index contributed by atoms with van der Waals surface area (Å²) in [5.74, 6) is -0.570. The van der Waals surface area contributed by atoms with Crippen molar-refractivity contribution in [1.29, 1.82) is 5.41 Å². The zero-order valence-electron chi connectivity index (χ0n) is 9.45. The Hall–Kier alpha value is -1.68. The van der Waals surface area contributed by atoms with E-state index in [4.69, 9.17) is 10.5 Å². The van der Waals surface area contributed by atoms with Gasteiger partial charge in [0.15, 0.2) is 0 Å². The van der Waals surface area contributed by atoms with Crippen LogP contribution in [0.2, 0.25) is 0 Å². The molecule has 3 N–H and O–H groups in total. The molecular weight excluding hydrogens is 204 g/mol. The molecule has 1 aromatic carbocycles. The lowest BCUT2D eigenvalue weighted by Crippen LogP contribution is -2.30. The molecule has 0 aliphatic rings. The molecule has 1 rings (SSSR count). The van der Waals surface area contributed by atoms with Crippen LogP contribution in [-0.2, 0) is 11.2 Å². The second-order valence-corrected chi connectivity index (χ2v) is 3.59. The molecule has 16 heavy (non-hydrogen) atoms. The van der Waals surface area contributed by atoms with Crippen molar-refractivity contribution in [2.45, 2.75) is 26.4 Å². The number of carbonyl (C=O) groups excluding carboxylic acids is 1. The van der Waals surface area contributed by atoms with Crippen LogP contribution < -0.4 is 5.32 Å². The van der Waals surface area contributed by atoms with Crippen molar-refractivity contribution in [3.63, 3.8) is 0 Å². The van der Waals surface area contributed by atoms with Crippen molar-refractivity contribution in [2.24, 2.45) is 0 Å². The molecule has 1 amide bonds. The average molecular weight is 220 g/mol. The third kappa shape index (κ3) is 3.17. The summed E-state index contributed by atoms with van der Waals surface area (Å²) >= 11 is 0. The van der Waals surface area contributed by atoms with Crippen molar-refractivity contribution >= 4 is 17.3 Å². The van der Waals surface area contributed by atoms with Crippen LogP contribution in [0.4, 0.5) is 5.69 Å². The molecular formula is C12H16N2O2. The first-order valence-corrected chi connectivity index (χ1v) is 5.21. The molecule has 1 atom stereocenters. The first kappa shape index (κ1) is 12.4. The quantitative estimate of drug-likeness (QED) is 0.674. The summed E-state index contributed by atoms with van der Waals surface area (Å²) in [6.07, 6.45) is -0.104. The Kier molecular flexibility index (Phi) is 4.19. The van der Waals surface area contributed by atoms with Crippen molar-refractivity contribution in [1.82, 2.24) is 0 Å². The van der Waals surface area contributed by atoms with Gasteiger partial charge in [0.05, 0.1) is 6.10 Å². The SMILES string of the molecule is CCc1ccc(NC(=O)C(=N)C(C)O)cc1. The highest BCUT2D eigenvalue weighted by atomic mass is 16.3. The van der Waals surface area contributed by atoms with Crippen molar-refractivity contribution in [2.75, 3.05) is 5.32 Å². The fourth-order valence-corrected chi connectivity index (χ4v) is 1.21. The number of anilines is 1. The number of aliphatic hydroxyl groups is 1. The molecule has 4 nitrogen and oxygen atoms in total. The van der Waals surface area contributed by atoms with E-state index in [-0.39, 0.29) is 5.71 Å². The lowest BCUT2D eigenvalue weighted by Gasteiger charge is -2.08. The Morgan fingerprint density at radius 1 is 1.44 bits per heavy atom. The number of rotatable bonds is 4. The molecule has 0 aliphatic carbocycles. The van der Waals surface area contributed by atoms with Crippen LogP contribution in [0.1, 0.15) is 19.4 Å². The van der Waals surface area contributed by atoms with Gasteiger partial charge in [-0.2, -0.15) is 0 Å². The fourth-order valence-electron chi connectivity index (χ4n) is 1.21. The fraction of sp³-hybridized carbons (Fsp3) is 0.333. The summed E-state index contributed by atoms with van der Waals surface area (Å²) in [6.45, 7) is 3.44. The standard InChI is InChI=1S/C12H16N2O2/c1-3-9-4-6-10(7-5-9)14-12(16)11(13)8(2)15/h4-8,13,15H,3H2,1-2H3,(H,14,16). The predicted octanol–water partition coefficient (Wildman–Crippen LogP) is 1.59. The summed E-state index contributed by atoms with van der Waals surface area (Å²) < 4.78 is 0. The second kappa shape index (κ2) is 5.42. The van der Waals surface area contributed by atoms with Gasteiger partial charge in [-0.05, 0) is 31.0 Å². The summed E-state index contributed by atoms with van der Waals surface area (Å²) in [6, 6.07) is 7.40. The molecule has 1 unspecified atom stereocenters. The maximum absolute atomic E-state index is 11.4. The van der Waals surface area contributed by atoms with Gasteiger partial charge >= 0.3 is 0 Å². The third-order valence-corrected chi connectivity index (χ3v) is 2.28. The highest BCUT2D eigenvalue weighted by molar-refractivity contribution is 6.43. The molecule has 0 saturated heterocycles. The Balaban J connectivity index is 2.66. The van der Waals surface area contributed by atoms with E-state index in [9.17, 15) is 4.79 Å².